The van der Waals surface area contributed by atoms with Gasteiger partial charge >= 0.3 is 6.61 Å². The number of rotatable bonds is 7. The molecule has 9 heteroatoms. The Morgan fingerprint density at radius 2 is 1.75 bits per heavy atom. The lowest BCUT2D eigenvalue weighted by molar-refractivity contribution is -0.0498. The number of carbonyl (C=O) groups excluding carboxylic acids is 1. The molecule has 0 unspecified atom stereocenters. The average Bonchev–Trinajstić information content (AvgIpc) is 2.57. The fourth-order valence-electron chi connectivity index (χ4n) is 2.36. The van der Waals surface area contributed by atoms with Crippen molar-refractivity contribution in [3.05, 3.63) is 59.7 Å². The highest BCUT2D eigenvalue weighted by molar-refractivity contribution is 7.89. The predicted molar refractivity (Wildman–Crippen MR) is 101 cm³/mol. The molecule has 0 aliphatic rings. The van der Waals surface area contributed by atoms with Crippen molar-refractivity contribution in [1.29, 1.82) is 0 Å². The summed E-state index contributed by atoms with van der Waals surface area (Å²) in [7, 11) is -3.69. The fraction of sp³-hybridized carbons (Fsp3) is 0.316. The standard InChI is InChI=1S/C19H22F2N2O4S/c1-19(2,3)23-28(25,26)16-9-7-14(8-10-16)17(24)22-12-13-5-4-6-15(11-13)27-18(20)21/h4-11,18,23H,12H2,1-3H3,(H,22,24). The van der Waals surface area contributed by atoms with Crippen molar-refractivity contribution in [1.82, 2.24) is 10.0 Å². The largest absolute Gasteiger partial charge is 0.435 e. The molecule has 28 heavy (non-hydrogen) atoms. The topological polar surface area (TPSA) is 84.5 Å². The molecule has 2 rings (SSSR count). The smallest absolute Gasteiger partial charge is 0.387 e. The summed E-state index contributed by atoms with van der Waals surface area (Å²) < 4.78 is 55.9. The van der Waals surface area contributed by atoms with Crippen LogP contribution in [0.15, 0.2) is 53.4 Å². The van der Waals surface area contributed by atoms with Crippen molar-refractivity contribution in [2.75, 3.05) is 0 Å². The molecule has 0 aliphatic heterocycles. The first-order valence-electron chi connectivity index (χ1n) is 8.42. The van der Waals surface area contributed by atoms with Gasteiger partial charge in [-0.2, -0.15) is 8.78 Å². The molecule has 0 radical (unpaired) electrons. The summed E-state index contributed by atoms with van der Waals surface area (Å²) in [4.78, 5) is 12.3. The van der Waals surface area contributed by atoms with Crippen LogP contribution in [0.1, 0.15) is 36.7 Å². The molecule has 0 atom stereocenters. The van der Waals surface area contributed by atoms with Crippen LogP contribution in [-0.2, 0) is 16.6 Å². The van der Waals surface area contributed by atoms with E-state index >= 15 is 0 Å². The third-order valence-corrected chi connectivity index (χ3v) is 5.22. The van der Waals surface area contributed by atoms with Gasteiger partial charge in [0.2, 0.25) is 10.0 Å². The SMILES string of the molecule is CC(C)(C)NS(=O)(=O)c1ccc(C(=O)NCc2cccc(OC(F)F)c2)cc1. The van der Waals surface area contributed by atoms with Gasteiger partial charge in [-0.25, -0.2) is 13.1 Å². The summed E-state index contributed by atoms with van der Waals surface area (Å²) in [5.41, 5.74) is 0.229. The Morgan fingerprint density at radius 3 is 2.32 bits per heavy atom. The number of carbonyl (C=O) groups is 1. The molecule has 0 saturated carbocycles. The second-order valence-electron chi connectivity index (χ2n) is 7.09. The second-order valence-corrected chi connectivity index (χ2v) is 8.77. The van der Waals surface area contributed by atoms with Gasteiger partial charge in [0.15, 0.2) is 0 Å². The first-order chi connectivity index (χ1) is 13.0. The first-order valence-corrected chi connectivity index (χ1v) is 9.90. The summed E-state index contributed by atoms with van der Waals surface area (Å²) >= 11 is 0. The fourth-order valence-corrected chi connectivity index (χ4v) is 3.78. The van der Waals surface area contributed by atoms with Crippen LogP contribution >= 0.6 is 0 Å². The zero-order valence-electron chi connectivity index (χ0n) is 15.7. The Labute approximate surface area is 163 Å². The quantitative estimate of drug-likeness (QED) is 0.731. The van der Waals surface area contributed by atoms with Crippen LogP contribution in [0.5, 0.6) is 5.75 Å². The maximum absolute atomic E-state index is 12.3. The maximum Gasteiger partial charge on any atom is 0.387 e. The van der Waals surface area contributed by atoms with Crippen LogP contribution < -0.4 is 14.8 Å². The molecule has 2 N–H and O–H groups in total. The van der Waals surface area contributed by atoms with Gasteiger partial charge in [0, 0.05) is 17.6 Å². The lowest BCUT2D eigenvalue weighted by Gasteiger charge is -2.20. The van der Waals surface area contributed by atoms with Crippen LogP contribution in [-0.4, -0.2) is 26.5 Å². The first kappa shape index (κ1) is 21.8. The normalized spacial score (nSPS) is 12.1. The number of hydrogen-bond acceptors (Lipinski definition) is 4. The molecular weight excluding hydrogens is 390 g/mol. The van der Waals surface area contributed by atoms with E-state index in [-0.39, 0.29) is 22.8 Å². The molecule has 2 aromatic carbocycles. The van der Waals surface area contributed by atoms with Crippen molar-refractivity contribution in [3.63, 3.8) is 0 Å². The van der Waals surface area contributed by atoms with Gasteiger partial charge in [0.05, 0.1) is 4.90 Å². The summed E-state index contributed by atoms with van der Waals surface area (Å²) in [5, 5.41) is 2.65. The molecule has 0 heterocycles. The molecular formula is C19H22F2N2O4S. The Kier molecular flexibility index (Phi) is 6.73. The number of alkyl halides is 2. The molecule has 0 bridgehead atoms. The highest BCUT2D eigenvalue weighted by Gasteiger charge is 2.22. The zero-order valence-corrected chi connectivity index (χ0v) is 16.5. The average molecular weight is 412 g/mol. The molecule has 0 fully saturated rings. The third kappa shape index (κ3) is 6.58. The summed E-state index contributed by atoms with van der Waals surface area (Å²) in [6.45, 7) is 2.37. The summed E-state index contributed by atoms with van der Waals surface area (Å²) in [5.74, 6) is -0.421. The zero-order chi connectivity index (χ0) is 20.9. The second kappa shape index (κ2) is 8.66. The Balaban J connectivity index is 2.02. The molecule has 0 spiro atoms. The lowest BCUT2D eigenvalue weighted by atomic mass is 10.1. The van der Waals surface area contributed by atoms with Crippen LogP contribution in [0.3, 0.4) is 0 Å². The summed E-state index contributed by atoms with van der Waals surface area (Å²) in [6.07, 6.45) is 0. The molecule has 152 valence electrons. The highest BCUT2D eigenvalue weighted by atomic mass is 32.2. The highest BCUT2D eigenvalue weighted by Crippen LogP contribution is 2.17. The monoisotopic (exact) mass is 412 g/mol. The summed E-state index contributed by atoms with van der Waals surface area (Å²) in [6, 6.07) is 11.5. The van der Waals surface area contributed by atoms with E-state index in [1.165, 1.54) is 36.4 Å². The van der Waals surface area contributed by atoms with Gasteiger partial charge < -0.3 is 10.1 Å². The van der Waals surface area contributed by atoms with Crippen LogP contribution in [0.4, 0.5) is 8.78 Å². The van der Waals surface area contributed by atoms with E-state index in [1.54, 1.807) is 32.9 Å². The van der Waals surface area contributed by atoms with Gasteiger partial charge in [-0.3, -0.25) is 4.79 Å². The Morgan fingerprint density at radius 1 is 1.11 bits per heavy atom. The van der Waals surface area contributed by atoms with Gasteiger partial charge in [-0.05, 0) is 62.7 Å². The number of hydrogen-bond donors (Lipinski definition) is 2. The number of ether oxygens (including phenoxy) is 1. The van der Waals surface area contributed by atoms with Gasteiger partial charge in [0.1, 0.15) is 5.75 Å². The van der Waals surface area contributed by atoms with E-state index < -0.39 is 28.1 Å². The van der Waals surface area contributed by atoms with Crippen molar-refractivity contribution in [2.45, 2.75) is 44.4 Å². The van der Waals surface area contributed by atoms with E-state index in [0.717, 1.165) is 0 Å². The van der Waals surface area contributed by atoms with Crippen molar-refractivity contribution >= 4 is 15.9 Å². The van der Waals surface area contributed by atoms with Crippen molar-refractivity contribution in [3.8, 4) is 5.75 Å². The Bertz CT molecular complexity index is 924. The number of amides is 1. The third-order valence-electron chi connectivity index (χ3n) is 3.44. The number of nitrogens with one attached hydrogen (secondary N) is 2. The Hall–Kier alpha value is -2.52. The molecule has 0 aliphatic carbocycles. The minimum absolute atomic E-state index is 0.00246. The van der Waals surface area contributed by atoms with E-state index in [9.17, 15) is 22.0 Å². The maximum atomic E-state index is 12.3. The predicted octanol–water partition coefficient (Wildman–Crippen LogP) is 3.29. The van der Waals surface area contributed by atoms with Crippen LogP contribution in [0.2, 0.25) is 0 Å². The van der Waals surface area contributed by atoms with Crippen molar-refractivity contribution in [2.24, 2.45) is 0 Å². The van der Waals surface area contributed by atoms with E-state index in [2.05, 4.69) is 14.8 Å². The minimum atomic E-state index is -3.69. The lowest BCUT2D eigenvalue weighted by Crippen LogP contribution is -2.40. The number of halogens is 2. The molecule has 1 amide bonds. The van der Waals surface area contributed by atoms with Gasteiger partial charge in [-0.15, -0.1) is 0 Å². The molecule has 0 saturated heterocycles. The molecule has 0 aromatic heterocycles. The minimum Gasteiger partial charge on any atom is -0.435 e. The number of benzene rings is 2. The van der Waals surface area contributed by atoms with E-state index in [1.807, 2.05) is 0 Å². The van der Waals surface area contributed by atoms with E-state index in [0.29, 0.717) is 5.56 Å². The molecule has 6 nitrogen and oxygen atoms in total. The van der Waals surface area contributed by atoms with Crippen molar-refractivity contribution < 1.29 is 26.7 Å². The van der Waals surface area contributed by atoms with Crippen LogP contribution in [0, 0.1) is 0 Å². The number of sulfonamides is 1. The van der Waals surface area contributed by atoms with Gasteiger partial charge in [-0.1, -0.05) is 12.1 Å². The van der Waals surface area contributed by atoms with E-state index in [4.69, 9.17) is 0 Å². The molecule has 2 aromatic rings. The van der Waals surface area contributed by atoms with Gasteiger partial charge in [0.25, 0.3) is 5.91 Å². The van der Waals surface area contributed by atoms with Crippen LogP contribution in [0.25, 0.3) is 0 Å².